The van der Waals surface area contributed by atoms with Crippen LogP contribution in [0.4, 0.5) is 0 Å². The van der Waals surface area contributed by atoms with E-state index in [0.717, 1.165) is 16.9 Å². The van der Waals surface area contributed by atoms with Crippen LogP contribution in [0.3, 0.4) is 0 Å². The first-order valence-corrected chi connectivity index (χ1v) is 8.19. The summed E-state index contributed by atoms with van der Waals surface area (Å²) in [4.78, 5) is 16.4. The largest absolute Gasteiger partial charge is 0.494 e. The minimum absolute atomic E-state index is 0.240. The highest BCUT2D eigenvalue weighted by molar-refractivity contribution is 6.12. The van der Waals surface area contributed by atoms with Gasteiger partial charge in [-0.2, -0.15) is 0 Å². The molecule has 1 heterocycles. The molecule has 0 spiro atoms. The van der Waals surface area contributed by atoms with Gasteiger partial charge in [-0.25, -0.2) is 9.79 Å². The molecule has 1 aliphatic rings. The van der Waals surface area contributed by atoms with Crippen molar-refractivity contribution in [1.82, 2.24) is 0 Å². The number of nitrogens with zero attached hydrogens (tertiary/aromatic N) is 1. The number of benzene rings is 2. The van der Waals surface area contributed by atoms with Crippen LogP contribution in [0.2, 0.25) is 0 Å². The second-order valence-corrected chi connectivity index (χ2v) is 5.27. The SMILES string of the molecule is CCOc1ccc(C=C2N=C(c3ccccc3)OC2=O)c(OCC)c1. The summed E-state index contributed by atoms with van der Waals surface area (Å²) in [5.41, 5.74) is 1.75. The molecule has 0 unspecified atom stereocenters. The molecule has 128 valence electrons. The lowest BCUT2D eigenvalue weighted by molar-refractivity contribution is -0.129. The molecule has 0 fully saturated rings. The zero-order chi connectivity index (χ0) is 17.6. The first-order chi connectivity index (χ1) is 12.2. The molecule has 0 atom stereocenters. The Morgan fingerprint density at radius 2 is 1.80 bits per heavy atom. The second-order valence-electron chi connectivity index (χ2n) is 5.27. The van der Waals surface area contributed by atoms with Crippen LogP contribution in [0.25, 0.3) is 6.08 Å². The Morgan fingerprint density at radius 1 is 1.04 bits per heavy atom. The molecule has 25 heavy (non-hydrogen) atoms. The van der Waals surface area contributed by atoms with Crippen LogP contribution >= 0.6 is 0 Å². The minimum Gasteiger partial charge on any atom is -0.494 e. The third-order valence-corrected chi connectivity index (χ3v) is 3.53. The highest BCUT2D eigenvalue weighted by Gasteiger charge is 2.24. The lowest BCUT2D eigenvalue weighted by Gasteiger charge is -2.10. The van der Waals surface area contributed by atoms with Gasteiger partial charge in [0.1, 0.15) is 11.5 Å². The van der Waals surface area contributed by atoms with Gasteiger partial charge in [-0.1, -0.05) is 18.2 Å². The molecular weight excluding hydrogens is 318 g/mol. The molecule has 0 aromatic heterocycles. The molecule has 0 bridgehead atoms. The normalized spacial score (nSPS) is 15.0. The Hall–Kier alpha value is -3.08. The number of hydrogen-bond donors (Lipinski definition) is 0. The van der Waals surface area contributed by atoms with Crippen LogP contribution in [0.15, 0.2) is 59.2 Å². The number of hydrogen-bond acceptors (Lipinski definition) is 5. The fraction of sp³-hybridized carbons (Fsp3) is 0.200. The summed E-state index contributed by atoms with van der Waals surface area (Å²) in [6, 6.07) is 14.8. The fourth-order valence-corrected chi connectivity index (χ4v) is 2.43. The highest BCUT2D eigenvalue weighted by atomic mass is 16.6. The quantitative estimate of drug-likeness (QED) is 0.594. The topological polar surface area (TPSA) is 57.1 Å². The highest BCUT2D eigenvalue weighted by Crippen LogP contribution is 2.29. The summed E-state index contributed by atoms with van der Waals surface area (Å²) < 4.78 is 16.4. The van der Waals surface area contributed by atoms with Crippen molar-refractivity contribution in [2.45, 2.75) is 13.8 Å². The molecular formula is C20H19NO4. The van der Waals surface area contributed by atoms with Crippen molar-refractivity contribution in [2.75, 3.05) is 13.2 Å². The molecule has 2 aromatic carbocycles. The number of carbonyl (C=O) groups is 1. The Kier molecular flexibility index (Phi) is 5.14. The Bertz CT molecular complexity index is 825. The summed E-state index contributed by atoms with van der Waals surface area (Å²) in [6.07, 6.45) is 1.67. The van der Waals surface area contributed by atoms with E-state index in [9.17, 15) is 4.79 Å². The molecule has 3 rings (SSSR count). The number of cyclic esters (lactones) is 1. The van der Waals surface area contributed by atoms with Gasteiger partial charge >= 0.3 is 5.97 Å². The van der Waals surface area contributed by atoms with E-state index in [1.165, 1.54) is 0 Å². The van der Waals surface area contributed by atoms with Crippen molar-refractivity contribution < 1.29 is 19.0 Å². The van der Waals surface area contributed by atoms with Crippen molar-refractivity contribution in [3.05, 3.63) is 65.4 Å². The van der Waals surface area contributed by atoms with Gasteiger partial charge in [0, 0.05) is 17.2 Å². The summed E-state index contributed by atoms with van der Waals surface area (Å²) in [6.45, 7) is 4.90. The molecule has 0 amide bonds. The van der Waals surface area contributed by atoms with E-state index in [4.69, 9.17) is 14.2 Å². The lowest BCUT2D eigenvalue weighted by atomic mass is 10.1. The van der Waals surface area contributed by atoms with Crippen LogP contribution < -0.4 is 9.47 Å². The standard InChI is InChI=1S/C20H19NO4/c1-3-23-16-11-10-15(18(13-16)24-4-2)12-17-20(22)25-19(21-17)14-8-6-5-7-9-14/h5-13H,3-4H2,1-2H3. The van der Waals surface area contributed by atoms with Crippen LogP contribution in [0, 0.1) is 0 Å². The smallest absolute Gasteiger partial charge is 0.363 e. The van der Waals surface area contributed by atoms with Crippen molar-refractivity contribution in [3.8, 4) is 11.5 Å². The van der Waals surface area contributed by atoms with E-state index in [2.05, 4.69) is 4.99 Å². The Balaban J connectivity index is 1.94. The van der Waals surface area contributed by atoms with E-state index in [1.807, 2.05) is 62.4 Å². The van der Waals surface area contributed by atoms with E-state index in [1.54, 1.807) is 6.08 Å². The van der Waals surface area contributed by atoms with Gasteiger partial charge in [0.05, 0.1) is 13.2 Å². The third kappa shape index (κ3) is 3.88. The van der Waals surface area contributed by atoms with E-state index >= 15 is 0 Å². The zero-order valence-corrected chi connectivity index (χ0v) is 14.2. The maximum Gasteiger partial charge on any atom is 0.363 e. The maximum atomic E-state index is 12.1. The monoisotopic (exact) mass is 337 g/mol. The van der Waals surface area contributed by atoms with E-state index < -0.39 is 5.97 Å². The van der Waals surface area contributed by atoms with E-state index in [0.29, 0.717) is 24.9 Å². The first kappa shape index (κ1) is 16.8. The maximum absolute atomic E-state index is 12.1. The van der Waals surface area contributed by atoms with E-state index in [-0.39, 0.29) is 5.70 Å². The lowest BCUT2D eigenvalue weighted by Crippen LogP contribution is -2.05. The molecule has 0 saturated heterocycles. The fourth-order valence-electron chi connectivity index (χ4n) is 2.43. The molecule has 5 heteroatoms. The average molecular weight is 337 g/mol. The van der Waals surface area contributed by atoms with Gasteiger partial charge in [0.25, 0.3) is 0 Å². The van der Waals surface area contributed by atoms with Crippen molar-refractivity contribution in [1.29, 1.82) is 0 Å². The molecule has 5 nitrogen and oxygen atoms in total. The molecule has 1 aliphatic heterocycles. The molecule has 0 radical (unpaired) electrons. The summed E-state index contributed by atoms with van der Waals surface area (Å²) >= 11 is 0. The number of rotatable bonds is 6. The molecule has 0 N–H and O–H groups in total. The summed E-state index contributed by atoms with van der Waals surface area (Å²) in [5.74, 6) is 1.18. The average Bonchev–Trinajstić information content (AvgIpc) is 2.99. The number of ether oxygens (including phenoxy) is 3. The number of esters is 1. The summed E-state index contributed by atoms with van der Waals surface area (Å²) in [5, 5.41) is 0. The molecule has 0 aliphatic carbocycles. The van der Waals surface area contributed by atoms with Gasteiger partial charge in [-0.05, 0) is 44.2 Å². The van der Waals surface area contributed by atoms with Gasteiger partial charge in [-0.3, -0.25) is 0 Å². The molecule has 2 aromatic rings. The minimum atomic E-state index is -0.477. The predicted octanol–water partition coefficient (Wildman–Crippen LogP) is 3.83. The van der Waals surface area contributed by atoms with Crippen LogP contribution in [-0.4, -0.2) is 25.1 Å². The first-order valence-electron chi connectivity index (χ1n) is 8.19. The Labute approximate surface area is 146 Å². The number of aliphatic imine (C=N–C) groups is 1. The number of carbonyl (C=O) groups excluding carboxylic acids is 1. The van der Waals surface area contributed by atoms with Gasteiger partial charge < -0.3 is 14.2 Å². The van der Waals surface area contributed by atoms with Crippen LogP contribution in [0.1, 0.15) is 25.0 Å². The molecule has 0 saturated carbocycles. The predicted molar refractivity (Wildman–Crippen MR) is 95.8 cm³/mol. The van der Waals surface area contributed by atoms with Crippen molar-refractivity contribution in [3.63, 3.8) is 0 Å². The van der Waals surface area contributed by atoms with Gasteiger partial charge in [-0.15, -0.1) is 0 Å². The van der Waals surface area contributed by atoms with Crippen molar-refractivity contribution >= 4 is 17.9 Å². The third-order valence-electron chi connectivity index (χ3n) is 3.53. The van der Waals surface area contributed by atoms with Crippen LogP contribution in [-0.2, 0) is 9.53 Å². The zero-order valence-electron chi connectivity index (χ0n) is 14.2. The van der Waals surface area contributed by atoms with Gasteiger partial charge in [0.2, 0.25) is 5.90 Å². The summed E-state index contributed by atoms with van der Waals surface area (Å²) in [7, 11) is 0. The van der Waals surface area contributed by atoms with Crippen LogP contribution in [0.5, 0.6) is 11.5 Å². The second kappa shape index (κ2) is 7.66. The Morgan fingerprint density at radius 3 is 2.52 bits per heavy atom. The van der Waals surface area contributed by atoms with Gasteiger partial charge in [0.15, 0.2) is 5.70 Å². The van der Waals surface area contributed by atoms with Crippen molar-refractivity contribution in [2.24, 2.45) is 4.99 Å².